The van der Waals surface area contributed by atoms with Crippen LogP contribution in [0.1, 0.15) is 36.8 Å². The van der Waals surface area contributed by atoms with Crippen LogP contribution >= 0.6 is 0 Å². The van der Waals surface area contributed by atoms with Crippen molar-refractivity contribution in [1.29, 1.82) is 0 Å². The van der Waals surface area contributed by atoms with E-state index in [4.69, 9.17) is 9.84 Å². The molecular weight excluding hydrogens is 268 g/mol. The molecule has 1 aromatic heterocycles. The molecule has 0 bridgehead atoms. The number of ether oxygens (including phenoxy) is 1. The maximum atomic E-state index is 10.9. The van der Waals surface area contributed by atoms with E-state index in [2.05, 4.69) is 11.1 Å². The van der Waals surface area contributed by atoms with E-state index in [0.717, 1.165) is 42.7 Å². The van der Waals surface area contributed by atoms with Crippen LogP contribution in [0.15, 0.2) is 12.3 Å². The Morgan fingerprint density at radius 3 is 2.62 bits per heavy atom. The minimum atomic E-state index is -0.793. The van der Waals surface area contributed by atoms with E-state index in [1.54, 1.807) is 0 Å². The molecule has 1 amide bonds. The molecule has 0 atom stereocenters. The smallest absolute Gasteiger partial charge is 0.407 e. The molecule has 2 heterocycles. The van der Waals surface area contributed by atoms with Gasteiger partial charge in [0.1, 0.15) is 6.10 Å². The fraction of sp³-hybridized carbons (Fsp3) is 0.625. The van der Waals surface area contributed by atoms with E-state index in [0.29, 0.717) is 13.1 Å². The molecule has 0 aromatic carbocycles. The SMILES string of the molecule is Cc1cnc(OC2CCC3(CC2)CN(C(=O)O)C3)c(C)c1. The van der Waals surface area contributed by atoms with Crippen molar-refractivity contribution in [3.63, 3.8) is 0 Å². The zero-order valence-corrected chi connectivity index (χ0v) is 12.6. The Morgan fingerprint density at radius 1 is 1.38 bits per heavy atom. The number of hydrogen-bond acceptors (Lipinski definition) is 3. The van der Waals surface area contributed by atoms with E-state index in [9.17, 15) is 4.79 Å². The largest absolute Gasteiger partial charge is 0.474 e. The Balaban J connectivity index is 1.54. The highest BCUT2D eigenvalue weighted by Gasteiger charge is 2.47. The summed E-state index contributed by atoms with van der Waals surface area (Å²) in [7, 11) is 0. The Morgan fingerprint density at radius 2 is 2.05 bits per heavy atom. The molecule has 0 radical (unpaired) electrons. The van der Waals surface area contributed by atoms with Gasteiger partial charge in [0.2, 0.25) is 5.88 Å². The molecule has 1 aliphatic carbocycles. The predicted molar refractivity (Wildman–Crippen MR) is 78.6 cm³/mol. The van der Waals surface area contributed by atoms with Crippen LogP contribution in [-0.4, -0.2) is 40.3 Å². The van der Waals surface area contributed by atoms with Crippen molar-refractivity contribution in [2.45, 2.75) is 45.6 Å². The standard InChI is InChI=1S/C16H22N2O3/c1-11-7-12(2)14(17-8-11)21-13-3-5-16(6-4-13)9-18(10-16)15(19)20/h7-8,13H,3-6,9-10H2,1-2H3,(H,19,20). The van der Waals surface area contributed by atoms with Crippen molar-refractivity contribution in [2.24, 2.45) is 5.41 Å². The Hall–Kier alpha value is -1.78. The highest BCUT2D eigenvalue weighted by molar-refractivity contribution is 5.66. The van der Waals surface area contributed by atoms with Gasteiger partial charge < -0.3 is 14.7 Å². The van der Waals surface area contributed by atoms with Gasteiger partial charge in [-0.05, 0) is 51.2 Å². The van der Waals surface area contributed by atoms with Gasteiger partial charge in [-0.3, -0.25) is 0 Å². The van der Waals surface area contributed by atoms with Crippen molar-refractivity contribution >= 4 is 6.09 Å². The van der Waals surface area contributed by atoms with Crippen molar-refractivity contribution < 1.29 is 14.6 Å². The summed E-state index contributed by atoms with van der Waals surface area (Å²) in [6.07, 6.45) is 5.33. The van der Waals surface area contributed by atoms with Gasteiger partial charge in [-0.25, -0.2) is 9.78 Å². The van der Waals surface area contributed by atoms with Gasteiger partial charge in [0.15, 0.2) is 0 Å². The zero-order valence-electron chi connectivity index (χ0n) is 12.6. The number of carbonyl (C=O) groups is 1. The summed E-state index contributed by atoms with van der Waals surface area (Å²) in [5.74, 6) is 0.738. The minimum absolute atomic E-state index is 0.211. The topological polar surface area (TPSA) is 62.7 Å². The van der Waals surface area contributed by atoms with Gasteiger partial charge in [-0.15, -0.1) is 0 Å². The van der Waals surface area contributed by atoms with Crippen LogP contribution in [0.5, 0.6) is 5.88 Å². The number of likely N-dealkylation sites (tertiary alicyclic amines) is 1. The molecule has 1 aromatic rings. The number of hydrogen-bond donors (Lipinski definition) is 1. The number of aryl methyl sites for hydroxylation is 2. The van der Waals surface area contributed by atoms with Crippen molar-refractivity contribution in [3.05, 3.63) is 23.4 Å². The molecule has 1 N–H and O–H groups in total. The molecule has 2 fully saturated rings. The van der Waals surface area contributed by atoms with Gasteiger partial charge in [0, 0.05) is 30.3 Å². The third-order valence-corrected chi connectivity index (χ3v) is 4.76. The second-order valence-electron chi connectivity index (χ2n) is 6.59. The first kappa shape index (κ1) is 14.2. The summed E-state index contributed by atoms with van der Waals surface area (Å²) >= 11 is 0. The summed E-state index contributed by atoms with van der Waals surface area (Å²) < 4.78 is 6.04. The zero-order chi connectivity index (χ0) is 15.0. The van der Waals surface area contributed by atoms with Crippen molar-refractivity contribution in [1.82, 2.24) is 9.88 Å². The fourth-order valence-electron chi connectivity index (χ4n) is 3.52. The first-order valence-corrected chi connectivity index (χ1v) is 7.55. The lowest BCUT2D eigenvalue weighted by molar-refractivity contribution is -0.0375. The number of aromatic nitrogens is 1. The molecular formula is C16H22N2O3. The number of amides is 1. The molecule has 114 valence electrons. The average molecular weight is 290 g/mol. The number of pyridine rings is 1. The molecule has 1 saturated carbocycles. The maximum absolute atomic E-state index is 10.9. The van der Waals surface area contributed by atoms with E-state index in [1.165, 1.54) is 4.90 Å². The van der Waals surface area contributed by atoms with Crippen LogP contribution in [0, 0.1) is 19.3 Å². The summed E-state index contributed by atoms with van der Waals surface area (Å²) in [6.45, 7) is 5.43. The highest BCUT2D eigenvalue weighted by Crippen LogP contribution is 2.44. The summed E-state index contributed by atoms with van der Waals surface area (Å²) in [5.41, 5.74) is 2.44. The Labute approximate surface area is 124 Å². The van der Waals surface area contributed by atoms with Crippen LogP contribution in [0.25, 0.3) is 0 Å². The molecule has 3 rings (SSSR count). The molecule has 5 nitrogen and oxygen atoms in total. The molecule has 2 aliphatic rings. The van der Waals surface area contributed by atoms with Crippen LogP contribution in [0.3, 0.4) is 0 Å². The lowest BCUT2D eigenvalue weighted by atomic mass is 9.68. The molecule has 0 unspecified atom stereocenters. The average Bonchev–Trinajstić information content (AvgIpc) is 2.40. The first-order valence-electron chi connectivity index (χ1n) is 7.55. The highest BCUT2D eigenvalue weighted by atomic mass is 16.5. The van der Waals surface area contributed by atoms with Crippen LogP contribution < -0.4 is 4.74 Å². The van der Waals surface area contributed by atoms with Gasteiger partial charge in [-0.2, -0.15) is 0 Å². The molecule has 21 heavy (non-hydrogen) atoms. The lowest BCUT2D eigenvalue weighted by Gasteiger charge is -2.52. The molecule has 5 heteroatoms. The Bertz CT molecular complexity index is 542. The Kier molecular flexibility index (Phi) is 3.51. The molecule has 1 aliphatic heterocycles. The normalized spacial score (nSPS) is 21.1. The van der Waals surface area contributed by atoms with E-state index in [1.807, 2.05) is 20.0 Å². The second kappa shape index (κ2) is 5.20. The summed E-state index contributed by atoms with van der Waals surface area (Å²) in [6, 6.07) is 2.09. The minimum Gasteiger partial charge on any atom is -0.474 e. The number of nitrogens with zero attached hydrogens (tertiary/aromatic N) is 2. The van der Waals surface area contributed by atoms with Crippen LogP contribution in [0.4, 0.5) is 4.79 Å². The summed E-state index contributed by atoms with van der Waals surface area (Å²) in [5, 5.41) is 8.94. The third-order valence-electron chi connectivity index (χ3n) is 4.76. The van der Waals surface area contributed by atoms with Gasteiger partial charge in [-0.1, -0.05) is 0 Å². The van der Waals surface area contributed by atoms with E-state index >= 15 is 0 Å². The monoisotopic (exact) mass is 290 g/mol. The number of carboxylic acid groups (broad SMARTS) is 1. The summed E-state index contributed by atoms with van der Waals surface area (Å²) in [4.78, 5) is 16.7. The second-order valence-corrected chi connectivity index (χ2v) is 6.59. The van der Waals surface area contributed by atoms with Gasteiger partial charge >= 0.3 is 6.09 Å². The lowest BCUT2D eigenvalue weighted by Crippen LogP contribution is -2.59. The first-order chi connectivity index (χ1) is 9.97. The molecule has 1 saturated heterocycles. The van der Waals surface area contributed by atoms with Crippen LogP contribution in [0.2, 0.25) is 0 Å². The predicted octanol–water partition coefficient (Wildman–Crippen LogP) is 3.00. The maximum Gasteiger partial charge on any atom is 0.407 e. The van der Waals surface area contributed by atoms with Gasteiger partial charge in [0.05, 0.1) is 0 Å². The van der Waals surface area contributed by atoms with Gasteiger partial charge in [0.25, 0.3) is 0 Å². The quantitative estimate of drug-likeness (QED) is 0.909. The van der Waals surface area contributed by atoms with Crippen LogP contribution in [-0.2, 0) is 0 Å². The molecule has 1 spiro atoms. The van der Waals surface area contributed by atoms with E-state index < -0.39 is 6.09 Å². The van der Waals surface area contributed by atoms with E-state index in [-0.39, 0.29) is 11.5 Å². The van der Waals surface area contributed by atoms with Crippen molar-refractivity contribution in [3.8, 4) is 5.88 Å². The number of rotatable bonds is 2. The third kappa shape index (κ3) is 2.82. The van der Waals surface area contributed by atoms with Crippen molar-refractivity contribution in [2.75, 3.05) is 13.1 Å². The fourth-order valence-corrected chi connectivity index (χ4v) is 3.52.